The fraction of sp³-hybridized carbons (Fsp3) is 0. The van der Waals surface area contributed by atoms with Gasteiger partial charge in [0.05, 0.1) is 5.56 Å². The zero-order chi connectivity index (χ0) is 13.3. The zero-order valence-electron chi connectivity index (χ0n) is 8.82. The normalized spacial score (nSPS) is 10.4. The molecule has 1 aromatic heterocycles. The summed E-state index contributed by atoms with van der Waals surface area (Å²) in [6.07, 6.45) is 1.12. The van der Waals surface area contributed by atoms with E-state index in [0.29, 0.717) is 15.6 Å². The van der Waals surface area contributed by atoms with Gasteiger partial charge in [0.25, 0.3) is 0 Å². The number of rotatable bonds is 2. The Morgan fingerprint density at radius 3 is 2.61 bits per heavy atom. The van der Waals surface area contributed by atoms with Gasteiger partial charge in [0.2, 0.25) is 5.95 Å². The molecule has 0 radical (unpaired) electrons. The summed E-state index contributed by atoms with van der Waals surface area (Å²) >= 11 is 11.8. The monoisotopic (exact) mass is 285 g/mol. The number of hydrogen-bond donors (Lipinski definition) is 1. The third kappa shape index (κ3) is 2.44. The molecule has 1 aromatic carbocycles. The average Bonchev–Trinajstić information content (AvgIpc) is 2.32. The van der Waals surface area contributed by atoms with Gasteiger partial charge in [-0.25, -0.2) is 9.78 Å². The summed E-state index contributed by atoms with van der Waals surface area (Å²) in [6, 6.07) is 5.46. The lowest BCUT2D eigenvalue weighted by atomic mass is 10.0. The Morgan fingerprint density at radius 1 is 1.22 bits per heavy atom. The minimum Gasteiger partial charge on any atom is -0.478 e. The summed E-state index contributed by atoms with van der Waals surface area (Å²) in [6.45, 7) is 0. The predicted octanol–water partition coefficient (Wildman–Crippen LogP) is 3.89. The van der Waals surface area contributed by atoms with Gasteiger partial charge in [-0.1, -0.05) is 23.2 Å². The highest BCUT2D eigenvalue weighted by molar-refractivity contribution is 6.35. The van der Waals surface area contributed by atoms with Gasteiger partial charge in [-0.15, -0.1) is 0 Å². The van der Waals surface area contributed by atoms with Crippen LogP contribution < -0.4 is 0 Å². The maximum Gasteiger partial charge on any atom is 0.336 e. The number of benzene rings is 1. The molecule has 1 heterocycles. The van der Waals surface area contributed by atoms with Gasteiger partial charge < -0.3 is 5.11 Å². The molecule has 0 aliphatic carbocycles. The first-order valence-corrected chi connectivity index (χ1v) is 5.59. The molecule has 0 fully saturated rings. The lowest BCUT2D eigenvalue weighted by molar-refractivity contribution is 0.0697. The van der Waals surface area contributed by atoms with Gasteiger partial charge in [-0.3, -0.25) is 0 Å². The molecule has 1 N–H and O–H groups in total. The zero-order valence-corrected chi connectivity index (χ0v) is 10.3. The number of carbonyl (C=O) groups is 1. The first-order valence-electron chi connectivity index (χ1n) is 4.83. The van der Waals surface area contributed by atoms with Crippen molar-refractivity contribution in [3.05, 3.63) is 52.0 Å². The molecule has 2 rings (SSSR count). The van der Waals surface area contributed by atoms with Gasteiger partial charge >= 0.3 is 5.97 Å². The molecule has 0 aliphatic heterocycles. The molecule has 18 heavy (non-hydrogen) atoms. The smallest absolute Gasteiger partial charge is 0.336 e. The van der Waals surface area contributed by atoms with Gasteiger partial charge in [0.1, 0.15) is 0 Å². The Bertz CT molecular complexity index is 631. The summed E-state index contributed by atoms with van der Waals surface area (Å²) < 4.78 is 13.0. The van der Waals surface area contributed by atoms with E-state index in [-0.39, 0.29) is 11.1 Å². The van der Waals surface area contributed by atoms with Crippen molar-refractivity contribution in [2.45, 2.75) is 0 Å². The maximum absolute atomic E-state index is 13.0. The summed E-state index contributed by atoms with van der Waals surface area (Å²) in [7, 11) is 0. The number of pyridine rings is 1. The van der Waals surface area contributed by atoms with Crippen LogP contribution in [0.5, 0.6) is 0 Å². The van der Waals surface area contributed by atoms with E-state index in [0.717, 1.165) is 12.3 Å². The fourth-order valence-corrected chi connectivity index (χ4v) is 1.92. The van der Waals surface area contributed by atoms with Crippen molar-refractivity contribution in [2.24, 2.45) is 0 Å². The summed E-state index contributed by atoms with van der Waals surface area (Å²) in [4.78, 5) is 14.5. The molecule has 0 amide bonds. The second kappa shape index (κ2) is 4.92. The van der Waals surface area contributed by atoms with Crippen LogP contribution >= 0.6 is 23.2 Å². The fourth-order valence-electron chi connectivity index (χ4n) is 1.53. The van der Waals surface area contributed by atoms with Crippen LogP contribution in [0.1, 0.15) is 10.4 Å². The second-order valence-electron chi connectivity index (χ2n) is 3.48. The molecular formula is C12H6Cl2FNO2. The summed E-state index contributed by atoms with van der Waals surface area (Å²) in [5.74, 6) is -2.13. The molecule has 0 atom stereocenters. The first-order chi connectivity index (χ1) is 8.49. The number of nitrogens with zero attached hydrogens (tertiary/aromatic N) is 1. The lowest BCUT2D eigenvalue weighted by Crippen LogP contribution is -2.02. The molecule has 0 saturated heterocycles. The van der Waals surface area contributed by atoms with Crippen LogP contribution in [0.2, 0.25) is 10.0 Å². The van der Waals surface area contributed by atoms with Crippen LogP contribution in [-0.2, 0) is 0 Å². The highest BCUT2D eigenvalue weighted by Gasteiger charge is 2.16. The molecule has 0 spiro atoms. The largest absolute Gasteiger partial charge is 0.478 e. The van der Waals surface area contributed by atoms with E-state index < -0.39 is 11.9 Å². The van der Waals surface area contributed by atoms with Crippen molar-refractivity contribution in [3.63, 3.8) is 0 Å². The summed E-state index contributed by atoms with van der Waals surface area (Å²) in [5, 5.41) is 9.75. The third-order valence-electron chi connectivity index (χ3n) is 2.32. The molecular weight excluding hydrogens is 280 g/mol. The molecule has 2 aromatic rings. The van der Waals surface area contributed by atoms with Gasteiger partial charge in [0, 0.05) is 33.4 Å². The topological polar surface area (TPSA) is 50.2 Å². The Labute approximate surface area is 112 Å². The van der Waals surface area contributed by atoms with Crippen LogP contribution in [0.3, 0.4) is 0 Å². The SMILES string of the molecule is O=C(O)c1cc(F)ncc1-c1cc(Cl)ccc1Cl. The third-order valence-corrected chi connectivity index (χ3v) is 2.88. The number of halogens is 3. The number of carboxylic acid groups (broad SMARTS) is 1. The molecule has 0 bridgehead atoms. The van der Waals surface area contributed by atoms with Crippen molar-refractivity contribution < 1.29 is 14.3 Å². The molecule has 3 nitrogen and oxygen atoms in total. The average molecular weight is 286 g/mol. The Hall–Kier alpha value is -1.65. The van der Waals surface area contributed by atoms with E-state index in [9.17, 15) is 9.18 Å². The lowest BCUT2D eigenvalue weighted by Gasteiger charge is -2.08. The van der Waals surface area contributed by atoms with Crippen LogP contribution in [0.4, 0.5) is 4.39 Å². The quantitative estimate of drug-likeness (QED) is 0.852. The van der Waals surface area contributed by atoms with E-state index in [1.54, 1.807) is 6.07 Å². The second-order valence-corrected chi connectivity index (χ2v) is 4.33. The minimum atomic E-state index is -1.26. The van der Waals surface area contributed by atoms with Gasteiger partial charge in [-0.2, -0.15) is 4.39 Å². The van der Waals surface area contributed by atoms with Crippen LogP contribution in [0.15, 0.2) is 30.5 Å². The maximum atomic E-state index is 13.0. The molecule has 92 valence electrons. The molecule has 0 aliphatic rings. The highest BCUT2D eigenvalue weighted by Crippen LogP contribution is 2.32. The van der Waals surface area contributed by atoms with E-state index in [4.69, 9.17) is 28.3 Å². The first kappa shape index (κ1) is 12.8. The van der Waals surface area contributed by atoms with Crippen LogP contribution in [0.25, 0.3) is 11.1 Å². The van der Waals surface area contributed by atoms with Crippen LogP contribution in [-0.4, -0.2) is 16.1 Å². The van der Waals surface area contributed by atoms with Crippen LogP contribution in [0, 0.1) is 5.95 Å². The number of aromatic nitrogens is 1. The molecule has 6 heteroatoms. The Balaban J connectivity index is 2.70. The van der Waals surface area contributed by atoms with E-state index in [2.05, 4.69) is 4.98 Å². The van der Waals surface area contributed by atoms with Crippen molar-refractivity contribution in [3.8, 4) is 11.1 Å². The van der Waals surface area contributed by atoms with E-state index in [1.165, 1.54) is 12.1 Å². The number of hydrogen-bond acceptors (Lipinski definition) is 2. The highest BCUT2D eigenvalue weighted by atomic mass is 35.5. The van der Waals surface area contributed by atoms with E-state index in [1.807, 2.05) is 0 Å². The molecule has 0 unspecified atom stereocenters. The van der Waals surface area contributed by atoms with Crippen molar-refractivity contribution in [1.82, 2.24) is 4.98 Å². The minimum absolute atomic E-state index is 0.216. The molecule has 0 saturated carbocycles. The van der Waals surface area contributed by atoms with E-state index >= 15 is 0 Å². The van der Waals surface area contributed by atoms with Gasteiger partial charge in [-0.05, 0) is 18.2 Å². The Kier molecular flexibility index (Phi) is 3.50. The predicted molar refractivity (Wildman–Crippen MR) is 66.6 cm³/mol. The Morgan fingerprint density at radius 2 is 1.94 bits per heavy atom. The number of carboxylic acids is 1. The van der Waals surface area contributed by atoms with Crippen molar-refractivity contribution in [1.29, 1.82) is 0 Å². The number of aromatic carboxylic acids is 1. The van der Waals surface area contributed by atoms with Crippen molar-refractivity contribution in [2.75, 3.05) is 0 Å². The standard InChI is InChI=1S/C12H6Cl2FNO2/c13-6-1-2-10(14)7(3-6)9-5-16-11(15)4-8(9)12(17)18/h1-5H,(H,17,18). The summed E-state index contributed by atoms with van der Waals surface area (Å²) in [5.41, 5.74) is 0.400. The van der Waals surface area contributed by atoms with Crippen molar-refractivity contribution >= 4 is 29.2 Å². The van der Waals surface area contributed by atoms with Gasteiger partial charge in [0.15, 0.2) is 0 Å².